The highest BCUT2D eigenvalue weighted by Gasteiger charge is 2.29. The van der Waals surface area contributed by atoms with Gasteiger partial charge >= 0.3 is 0 Å². The molecule has 34 heavy (non-hydrogen) atoms. The lowest BCUT2D eigenvalue weighted by molar-refractivity contribution is 0.0936. The number of carbonyl (C=O) groups excluding carboxylic acids is 1. The maximum absolute atomic E-state index is 13.3. The molecule has 0 saturated carbocycles. The number of imidazole rings is 1. The number of para-hydroxylation sites is 2. The fourth-order valence-corrected chi connectivity index (χ4v) is 6.03. The van der Waals surface area contributed by atoms with E-state index in [0.717, 1.165) is 22.4 Å². The van der Waals surface area contributed by atoms with Gasteiger partial charge in [-0.3, -0.25) is 9.10 Å². The summed E-state index contributed by atoms with van der Waals surface area (Å²) in [5.41, 5.74) is 3.87. The van der Waals surface area contributed by atoms with Gasteiger partial charge in [0, 0.05) is 25.6 Å². The number of anilines is 1. The van der Waals surface area contributed by atoms with Gasteiger partial charge in [-0.05, 0) is 42.3 Å². The van der Waals surface area contributed by atoms with Crippen molar-refractivity contribution >= 4 is 32.7 Å². The largest absolute Gasteiger partial charge is 0.345 e. The normalized spacial score (nSPS) is 16.0. The molecule has 8 heteroatoms. The Morgan fingerprint density at radius 3 is 2.53 bits per heavy atom. The third-order valence-corrected chi connectivity index (χ3v) is 8.14. The molecule has 5 rings (SSSR count). The summed E-state index contributed by atoms with van der Waals surface area (Å²) in [5.74, 6) is 0.746. The van der Waals surface area contributed by atoms with Crippen LogP contribution in [0.15, 0.2) is 78.9 Å². The number of fused-ring (bicyclic) bond motifs is 1. The molecule has 3 aromatic carbocycles. The van der Waals surface area contributed by atoms with E-state index in [9.17, 15) is 13.2 Å². The Morgan fingerprint density at radius 1 is 1.03 bits per heavy atom. The molecule has 2 heterocycles. The van der Waals surface area contributed by atoms with Crippen LogP contribution in [0.4, 0.5) is 5.69 Å². The molecule has 0 radical (unpaired) electrons. The lowest BCUT2D eigenvalue weighted by Gasteiger charge is -2.21. The van der Waals surface area contributed by atoms with Crippen molar-refractivity contribution in [3.63, 3.8) is 0 Å². The topological polar surface area (TPSA) is 84.3 Å². The summed E-state index contributed by atoms with van der Waals surface area (Å²) in [4.78, 5) is 18.1. The fourth-order valence-electron chi connectivity index (χ4n) is 4.47. The molecule has 1 aromatic heterocycles. The first-order valence-corrected chi connectivity index (χ1v) is 12.9. The van der Waals surface area contributed by atoms with Crippen molar-refractivity contribution in [3.05, 3.63) is 95.8 Å². The van der Waals surface area contributed by atoms with Gasteiger partial charge in [0.2, 0.25) is 10.0 Å². The van der Waals surface area contributed by atoms with Crippen LogP contribution in [0.5, 0.6) is 0 Å². The molecule has 1 saturated heterocycles. The zero-order valence-electron chi connectivity index (χ0n) is 18.9. The zero-order valence-corrected chi connectivity index (χ0v) is 19.7. The van der Waals surface area contributed by atoms with Crippen LogP contribution in [0.25, 0.3) is 11.0 Å². The van der Waals surface area contributed by atoms with Crippen molar-refractivity contribution < 1.29 is 13.2 Å². The summed E-state index contributed by atoms with van der Waals surface area (Å²) >= 11 is 0. The van der Waals surface area contributed by atoms with Gasteiger partial charge in [0.25, 0.3) is 5.91 Å². The maximum atomic E-state index is 13.3. The second-order valence-corrected chi connectivity index (χ2v) is 10.5. The molecule has 1 aliphatic rings. The first kappa shape index (κ1) is 22.2. The second-order valence-electron chi connectivity index (χ2n) is 8.51. The van der Waals surface area contributed by atoms with Crippen LogP contribution >= 0.6 is 0 Å². The molecule has 0 unspecified atom stereocenters. The maximum Gasteiger partial charge on any atom is 0.251 e. The fraction of sp³-hybridized carbons (Fsp3) is 0.231. The molecule has 0 aliphatic carbocycles. The third-order valence-electron chi connectivity index (χ3n) is 6.27. The number of aryl methyl sites for hydroxylation is 1. The standard InChI is InChI=1S/C26H26N4O3S/c1-29-24-14-6-5-13-22(24)27-25(29)18-23(19-9-3-2-4-10-19)28-26(31)20-11-7-12-21(17-20)30-15-8-16-34(30,32)33/h2-7,9-14,17,23H,8,15-16,18H2,1H3,(H,28,31)/t23-/m0/s1. The van der Waals surface area contributed by atoms with E-state index in [1.165, 1.54) is 4.31 Å². The highest BCUT2D eigenvalue weighted by atomic mass is 32.2. The summed E-state index contributed by atoms with van der Waals surface area (Å²) in [6.45, 7) is 0.437. The van der Waals surface area contributed by atoms with Gasteiger partial charge in [0.05, 0.1) is 28.5 Å². The van der Waals surface area contributed by atoms with Crippen molar-refractivity contribution in [3.8, 4) is 0 Å². The summed E-state index contributed by atoms with van der Waals surface area (Å²) in [6, 6.07) is 24.3. The Morgan fingerprint density at radius 2 is 1.79 bits per heavy atom. The molecule has 1 atom stereocenters. The average molecular weight is 475 g/mol. The van der Waals surface area contributed by atoms with Crippen molar-refractivity contribution in [2.75, 3.05) is 16.6 Å². The van der Waals surface area contributed by atoms with Crippen LogP contribution in [0, 0.1) is 0 Å². The summed E-state index contributed by atoms with van der Waals surface area (Å²) < 4.78 is 28.1. The molecular formula is C26H26N4O3S. The van der Waals surface area contributed by atoms with Crippen LogP contribution in [0.3, 0.4) is 0 Å². The van der Waals surface area contributed by atoms with Crippen LogP contribution in [-0.2, 0) is 23.5 Å². The number of amides is 1. The number of aromatic nitrogens is 2. The van der Waals surface area contributed by atoms with Crippen molar-refractivity contribution in [2.45, 2.75) is 18.9 Å². The van der Waals surface area contributed by atoms with Crippen molar-refractivity contribution in [1.29, 1.82) is 0 Å². The summed E-state index contributed by atoms with van der Waals surface area (Å²) in [7, 11) is -1.34. The van der Waals surface area contributed by atoms with Crippen molar-refractivity contribution in [1.82, 2.24) is 14.9 Å². The van der Waals surface area contributed by atoms with Gasteiger partial charge in [-0.2, -0.15) is 0 Å². The number of nitrogens with zero attached hydrogens (tertiary/aromatic N) is 3. The Bertz CT molecular complexity index is 1450. The van der Waals surface area contributed by atoms with Gasteiger partial charge in [-0.1, -0.05) is 48.5 Å². The molecule has 4 aromatic rings. The Hall–Kier alpha value is -3.65. The van der Waals surface area contributed by atoms with Gasteiger partial charge in [-0.15, -0.1) is 0 Å². The van der Waals surface area contributed by atoms with E-state index in [1.54, 1.807) is 24.3 Å². The minimum atomic E-state index is -3.32. The molecular weight excluding hydrogens is 448 g/mol. The minimum absolute atomic E-state index is 0.136. The minimum Gasteiger partial charge on any atom is -0.345 e. The lowest BCUT2D eigenvalue weighted by Crippen LogP contribution is -2.31. The summed E-state index contributed by atoms with van der Waals surface area (Å²) in [5, 5.41) is 3.15. The number of hydrogen-bond acceptors (Lipinski definition) is 4. The molecule has 1 N–H and O–H groups in total. The van der Waals surface area contributed by atoms with E-state index in [2.05, 4.69) is 9.88 Å². The number of rotatable bonds is 6. The predicted molar refractivity (Wildman–Crippen MR) is 133 cm³/mol. The second kappa shape index (κ2) is 8.95. The van der Waals surface area contributed by atoms with Crippen LogP contribution in [-0.4, -0.2) is 36.2 Å². The van der Waals surface area contributed by atoms with E-state index in [-0.39, 0.29) is 17.7 Å². The molecule has 7 nitrogen and oxygen atoms in total. The Labute approximate surface area is 199 Å². The van der Waals surface area contributed by atoms with E-state index in [1.807, 2.05) is 61.6 Å². The number of carbonyl (C=O) groups is 1. The van der Waals surface area contributed by atoms with Crippen molar-refractivity contribution in [2.24, 2.45) is 7.05 Å². The Balaban J connectivity index is 1.43. The number of nitrogens with one attached hydrogen (secondary N) is 1. The van der Waals surface area contributed by atoms with E-state index in [4.69, 9.17) is 4.98 Å². The van der Waals surface area contributed by atoms with E-state index >= 15 is 0 Å². The smallest absolute Gasteiger partial charge is 0.251 e. The number of sulfonamides is 1. The lowest BCUT2D eigenvalue weighted by atomic mass is 10.0. The van der Waals surface area contributed by atoms with Gasteiger partial charge < -0.3 is 9.88 Å². The molecule has 1 amide bonds. The van der Waals surface area contributed by atoms with Gasteiger partial charge in [0.15, 0.2) is 0 Å². The highest BCUT2D eigenvalue weighted by Crippen LogP contribution is 2.26. The van der Waals surface area contributed by atoms with E-state index < -0.39 is 10.0 Å². The third kappa shape index (κ3) is 4.28. The number of hydrogen-bond donors (Lipinski definition) is 1. The summed E-state index contributed by atoms with van der Waals surface area (Å²) in [6.07, 6.45) is 1.11. The first-order chi connectivity index (χ1) is 16.4. The monoisotopic (exact) mass is 474 g/mol. The quantitative estimate of drug-likeness (QED) is 0.460. The molecule has 1 aliphatic heterocycles. The van der Waals surface area contributed by atoms with Crippen LogP contribution in [0.1, 0.15) is 34.2 Å². The zero-order chi connectivity index (χ0) is 23.7. The SMILES string of the molecule is Cn1c(C[C@H](NC(=O)c2cccc(N3CCCS3(=O)=O)c2)c2ccccc2)nc2ccccc21. The Kier molecular flexibility index (Phi) is 5.83. The first-order valence-electron chi connectivity index (χ1n) is 11.3. The van der Waals surface area contributed by atoms with Gasteiger partial charge in [0.1, 0.15) is 5.82 Å². The van der Waals surface area contributed by atoms with Crippen LogP contribution < -0.4 is 9.62 Å². The molecule has 0 spiro atoms. The molecule has 174 valence electrons. The highest BCUT2D eigenvalue weighted by molar-refractivity contribution is 7.93. The molecule has 0 bridgehead atoms. The van der Waals surface area contributed by atoms with Gasteiger partial charge in [-0.25, -0.2) is 13.4 Å². The average Bonchev–Trinajstić information content (AvgIpc) is 3.37. The predicted octanol–water partition coefficient (Wildman–Crippen LogP) is 3.83. The van der Waals surface area contributed by atoms with Crippen LogP contribution in [0.2, 0.25) is 0 Å². The van der Waals surface area contributed by atoms with E-state index in [0.29, 0.717) is 30.6 Å². The molecule has 1 fully saturated rings. The number of benzene rings is 3.